The normalized spacial score (nSPS) is 18.5. The minimum atomic E-state index is -0.974. The van der Waals surface area contributed by atoms with Crippen molar-refractivity contribution in [2.24, 2.45) is 0 Å². The van der Waals surface area contributed by atoms with E-state index in [0.29, 0.717) is 11.6 Å². The van der Waals surface area contributed by atoms with Crippen LogP contribution >= 0.6 is 0 Å². The Labute approximate surface area is 95.9 Å². The van der Waals surface area contributed by atoms with Gasteiger partial charge in [0, 0.05) is 6.42 Å². The Morgan fingerprint density at radius 2 is 1.53 bits per heavy atom. The van der Waals surface area contributed by atoms with Gasteiger partial charge in [-0.15, -0.1) is 17.6 Å². The first-order valence-corrected chi connectivity index (χ1v) is 6.30. The predicted octanol–water partition coefficient (Wildman–Crippen LogP) is 4.13. The van der Waals surface area contributed by atoms with E-state index in [9.17, 15) is 0 Å². The Bertz CT molecular complexity index is 216. The van der Waals surface area contributed by atoms with Gasteiger partial charge in [0.1, 0.15) is 0 Å². The third-order valence-corrected chi connectivity index (χ3v) is 3.87. The molecule has 0 aliphatic carbocycles. The molecule has 0 heterocycles. The highest BCUT2D eigenvalue weighted by atomic mass is 16.4. The average molecular weight is 209 g/mol. The first kappa shape index (κ1) is 14.6. The summed E-state index contributed by atoms with van der Waals surface area (Å²) in [5.41, 5.74) is 0. The second kappa shape index (κ2) is 6.96. The second-order valence-electron chi connectivity index (χ2n) is 4.60. The summed E-state index contributed by atoms with van der Waals surface area (Å²) < 4.78 is 5.83. The molecule has 0 aromatic rings. The standard InChI is InChI=1S/C13H26BO/c1-7-10-11-14(15-6,12(4)8-2)13(5)9-3/h12-13H,7-9H2,1-6H3/q-1. The molecular weight excluding hydrogens is 183 g/mol. The Balaban J connectivity index is 5.09. The topological polar surface area (TPSA) is 9.23 Å². The first-order chi connectivity index (χ1) is 7.08. The molecule has 0 saturated carbocycles. The second-order valence-corrected chi connectivity index (χ2v) is 4.60. The van der Waals surface area contributed by atoms with Crippen LogP contribution in [-0.2, 0) is 4.65 Å². The Morgan fingerprint density at radius 3 is 1.80 bits per heavy atom. The highest BCUT2D eigenvalue weighted by Gasteiger charge is 2.32. The summed E-state index contributed by atoms with van der Waals surface area (Å²) in [5, 5.41) is 0. The van der Waals surface area contributed by atoms with Gasteiger partial charge >= 0.3 is 0 Å². The van der Waals surface area contributed by atoms with Gasteiger partial charge in [0.25, 0.3) is 0 Å². The molecule has 0 rings (SSSR count). The molecule has 1 nitrogen and oxygen atoms in total. The zero-order valence-corrected chi connectivity index (χ0v) is 11.3. The van der Waals surface area contributed by atoms with Crippen molar-refractivity contribution in [2.45, 2.75) is 65.5 Å². The van der Waals surface area contributed by atoms with Crippen molar-refractivity contribution in [1.29, 1.82) is 0 Å². The predicted molar refractivity (Wildman–Crippen MR) is 70.3 cm³/mol. The molecule has 0 aromatic heterocycles. The van der Waals surface area contributed by atoms with E-state index in [1.165, 1.54) is 0 Å². The molecule has 2 heteroatoms. The fourth-order valence-corrected chi connectivity index (χ4v) is 2.33. The van der Waals surface area contributed by atoms with Crippen LogP contribution in [0.5, 0.6) is 0 Å². The van der Waals surface area contributed by atoms with E-state index in [0.717, 1.165) is 19.3 Å². The van der Waals surface area contributed by atoms with Gasteiger partial charge in [0.05, 0.1) is 0 Å². The fraction of sp³-hybridized carbons (Fsp3) is 0.846. The molecule has 15 heavy (non-hydrogen) atoms. The molecule has 0 bridgehead atoms. The van der Waals surface area contributed by atoms with Crippen molar-refractivity contribution >= 4 is 6.35 Å². The average Bonchev–Trinajstić information content (AvgIpc) is 2.29. The summed E-state index contributed by atoms with van der Waals surface area (Å²) in [6.07, 6.45) is 2.21. The third kappa shape index (κ3) is 3.28. The molecule has 0 amide bonds. The molecule has 0 saturated heterocycles. The van der Waals surface area contributed by atoms with E-state index in [2.05, 4.69) is 46.4 Å². The first-order valence-electron chi connectivity index (χ1n) is 6.30. The van der Waals surface area contributed by atoms with Crippen molar-refractivity contribution in [1.82, 2.24) is 0 Å². The van der Waals surface area contributed by atoms with Gasteiger partial charge in [-0.2, -0.15) is 0 Å². The van der Waals surface area contributed by atoms with E-state index in [1.807, 2.05) is 7.11 Å². The molecule has 2 unspecified atom stereocenters. The SMILES string of the molecule is CCC#C[B-](OC)(C(C)CC)C(C)CC. The Hall–Kier alpha value is -0.415. The van der Waals surface area contributed by atoms with E-state index in [-0.39, 0.29) is 0 Å². The van der Waals surface area contributed by atoms with Crippen LogP contribution in [0.3, 0.4) is 0 Å². The highest BCUT2D eigenvalue weighted by Crippen LogP contribution is 2.36. The van der Waals surface area contributed by atoms with Crippen LogP contribution in [0.25, 0.3) is 0 Å². The Morgan fingerprint density at radius 1 is 1.07 bits per heavy atom. The van der Waals surface area contributed by atoms with Gasteiger partial charge in [0.15, 0.2) is 6.35 Å². The molecule has 0 aliphatic rings. The van der Waals surface area contributed by atoms with Crippen LogP contribution in [-0.4, -0.2) is 13.5 Å². The third-order valence-electron chi connectivity index (χ3n) is 3.87. The quantitative estimate of drug-likeness (QED) is 0.488. The molecule has 0 spiro atoms. The molecule has 0 radical (unpaired) electrons. The van der Waals surface area contributed by atoms with E-state index >= 15 is 0 Å². The minimum Gasteiger partial charge on any atom is -0.582 e. The van der Waals surface area contributed by atoms with Gasteiger partial charge in [0.2, 0.25) is 0 Å². The van der Waals surface area contributed by atoms with Crippen molar-refractivity contribution in [3.05, 3.63) is 0 Å². The van der Waals surface area contributed by atoms with Gasteiger partial charge in [-0.25, -0.2) is 0 Å². The zero-order valence-electron chi connectivity index (χ0n) is 11.3. The maximum Gasteiger partial charge on any atom is 0.190 e. The molecule has 0 aromatic carbocycles. The van der Waals surface area contributed by atoms with Crippen LogP contribution < -0.4 is 0 Å². The van der Waals surface area contributed by atoms with Crippen molar-refractivity contribution in [3.63, 3.8) is 0 Å². The van der Waals surface area contributed by atoms with Crippen molar-refractivity contribution in [3.8, 4) is 11.7 Å². The summed E-state index contributed by atoms with van der Waals surface area (Å²) in [4.78, 5) is 0. The summed E-state index contributed by atoms with van der Waals surface area (Å²) >= 11 is 0. The van der Waals surface area contributed by atoms with Gasteiger partial charge in [-0.05, 0) is 7.11 Å². The molecule has 0 fully saturated rings. The maximum absolute atomic E-state index is 5.83. The van der Waals surface area contributed by atoms with Crippen LogP contribution in [0.2, 0.25) is 11.6 Å². The highest BCUT2D eigenvalue weighted by molar-refractivity contribution is 6.84. The fourth-order valence-electron chi connectivity index (χ4n) is 2.33. The van der Waals surface area contributed by atoms with Crippen LogP contribution in [0.4, 0.5) is 0 Å². The molecular formula is C13H26BO-. The minimum absolute atomic E-state index is 0.545. The van der Waals surface area contributed by atoms with Crippen molar-refractivity contribution < 1.29 is 4.65 Å². The van der Waals surface area contributed by atoms with Gasteiger partial charge in [-0.1, -0.05) is 47.5 Å². The van der Waals surface area contributed by atoms with E-state index in [4.69, 9.17) is 4.65 Å². The number of hydrogen-bond donors (Lipinski definition) is 0. The largest absolute Gasteiger partial charge is 0.582 e. The van der Waals surface area contributed by atoms with Crippen LogP contribution in [0.15, 0.2) is 0 Å². The zero-order chi connectivity index (χ0) is 11.9. The smallest absolute Gasteiger partial charge is 0.190 e. The van der Waals surface area contributed by atoms with Crippen LogP contribution in [0, 0.1) is 11.7 Å². The summed E-state index contributed by atoms with van der Waals surface area (Å²) in [6, 6.07) is 0. The molecule has 0 aliphatic heterocycles. The maximum atomic E-state index is 5.83. The van der Waals surface area contributed by atoms with Gasteiger partial charge < -0.3 is 4.65 Å². The van der Waals surface area contributed by atoms with E-state index < -0.39 is 6.35 Å². The molecule has 2 atom stereocenters. The number of rotatable bonds is 5. The van der Waals surface area contributed by atoms with Crippen molar-refractivity contribution in [2.75, 3.05) is 7.11 Å². The molecule has 88 valence electrons. The Kier molecular flexibility index (Phi) is 6.77. The number of hydrogen-bond acceptors (Lipinski definition) is 1. The monoisotopic (exact) mass is 209 g/mol. The summed E-state index contributed by atoms with van der Waals surface area (Å²) in [5.74, 6) is 7.74. The lowest BCUT2D eigenvalue weighted by molar-refractivity contribution is 0.377. The summed E-state index contributed by atoms with van der Waals surface area (Å²) in [7, 11) is 1.82. The van der Waals surface area contributed by atoms with Crippen LogP contribution in [0.1, 0.15) is 53.9 Å². The summed E-state index contributed by atoms with van der Waals surface area (Å²) in [6.45, 7) is 11.1. The lowest BCUT2D eigenvalue weighted by Crippen LogP contribution is -2.44. The lowest BCUT2D eigenvalue weighted by Gasteiger charge is -2.45. The lowest BCUT2D eigenvalue weighted by atomic mass is 9.26. The van der Waals surface area contributed by atoms with Gasteiger partial charge in [-0.3, -0.25) is 5.82 Å². The van der Waals surface area contributed by atoms with E-state index in [1.54, 1.807) is 0 Å². The molecule has 0 N–H and O–H groups in total.